The van der Waals surface area contributed by atoms with Gasteiger partial charge in [0.2, 0.25) is 0 Å². The van der Waals surface area contributed by atoms with E-state index in [1.54, 1.807) is 6.20 Å². The van der Waals surface area contributed by atoms with Crippen molar-refractivity contribution in [1.82, 2.24) is 15.1 Å². The molecule has 2 aromatic heterocycles. The topological polar surface area (TPSA) is 72.9 Å². The third-order valence-electron chi connectivity index (χ3n) is 3.25. The number of carbonyl (C=O) groups is 1. The van der Waals surface area contributed by atoms with Crippen molar-refractivity contribution in [2.45, 2.75) is 13.0 Å². The average Bonchev–Trinajstić information content (AvgIpc) is 3.12. The summed E-state index contributed by atoms with van der Waals surface area (Å²) in [5.41, 5.74) is 6.63. The van der Waals surface area contributed by atoms with Crippen LogP contribution in [-0.4, -0.2) is 22.2 Å². The van der Waals surface area contributed by atoms with Crippen LogP contribution < -0.4 is 11.1 Å². The lowest BCUT2D eigenvalue weighted by Gasteiger charge is -2.04. The Morgan fingerprint density at radius 1 is 1.33 bits per heavy atom. The van der Waals surface area contributed by atoms with Crippen molar-refractivity contribution in [3.8, 4) is 0 Å². The fourth-order valence-corrected chi connectivity index (χ4v) is 3.23. The Morgan fingerprint density at radius 2 is 2.19 bits per heavy atom. The van der Waals surface area contributed by atoms with Crippen LogP contribution in [0.2, 0.25) is 0 Å². The number of aromatic nitrogens is 2. The lowest BCUT2D eigenvalue weighted by Crippen LogP contribution is -2.25. The molecule has 0 radical (unpaired) electrons. The Hall–Kier alpha value is -2.34. The second kappa shape index (κ2) is 5.97. The fourth-order valence-electron chi connectivity index (χ4n) is 2.19. The standard InChI is InChI=1S/C15H16N4OS/c16-13-11-5-1-2-6-12(11)21-14(13)15(20)17-7-3-9-19-10-4-8-18-19/h1-2,4-6,8,10H,3,7,9,16H2,(H,17,20). The molecule has 0 aliphatic rings. The summed E-state index contributed by atoms with van der Waals surface area (Å²) >= 11 is 1.43. The average molecular weight is 300 g/mol. The van der Waals surface area contributed by atoms with Crippen molar-refractivity contribution in [3.63, 3.8) is 0 Å². The molecule has 0 fully saturated rings. The molecular formula is C15H16N4OS. The van der Waals surface area contributed by atoms with Gasteiger partial charge in [-0.3, -0.25) is 9.48 Å². The van der Waals surface area contributed by atoms with Crippen molar-refractivity contribution in [2.75, 3.05) is 12.3 Å². The molecule has 2 heterocycles. The molecule has 6 heteroatoms. The Kier molecular flexibility index (Phi) is 3.87. The third-order valence-corrected chi connectivity index (χ3v) is 4.43. The molecule has 0 spiro atoms. The maximum atomic E-state index is 12.2. The zero-order chi connectivity index (χ0) is 14.7. The zero-order valence-corrected chi connectivity index (χ0v) is 12.3. The highest BCUT2D eigenvalue weighted by molar-refractivity contribution is 7.21. The van der Waals surface area contributed by atoms with Gasteiger partial charge in [0.05, 0.1) is 5.69 Å². The van der Waals surface area contributed by atoms with Gasteiger partial charge in [-0.1, -0.05) is 18.2 Å². The molecule has 0 saturated heterocycles. The number of benzene rings is 1. The predicted octanol–water partition coefficient (Wildman–Crippen LogP) is 2.50. The third kappa shape index (κ3) is 2.90. The van der Waals surface area contributed by atoms with Gasteiger partial charge in [-0.25, -0.2) is 0 Å². The molecule has 3 N–H and O–H groups in total. The summed E-state index contributed by atoms with van der Waals surface area (Å²) in [5.74, 6) is -0.103. The van der Waals surface area contributed by atoms with Crippen LogP contribution in [0.25, 0.3) is 10.1 Å². The van der Waals surface area contributed by atoms with Gasteiger partial charge in [-0.15, -0.1) is 11.3 Å². The number of aryl methyl sites for hydroxylation is 1. The lowest BCUT2D eigenvalue weighted by atomic mass is 10.2. The lowest BCUT2D eigenvalue weighted by molar-refractivity contribution is 0.0957. The number of hydrogen-bond donors (Lipinski definition) is 2. The predicted molar refractivity (Wildman–Crippen MR) is 85.4 cm³/mol. The minimum absolute atomic E-state index is 0.103. The van der Waals surface area contributed by atoms with Gasteiger partial charge in [-0.05, 0) is 18.6 Å². The molecule has 0 aliphatic carbocycles. The molecule has 21 heavy (non-hydrogen) atoms. The number of amides is 1. The molecule has 1 amide bonds. The summed E-state index contributed by atoms with van der Waals surface area (Å²) in [6.45, 7) is 1.39. The number of fused-ring (bicyclic) bond motifs is 1. The van der Waals surface area contributed by atoms with Crippen LogP contribution in [0.4, 0.5) is 5.69 Å². The van der Waals surface area contributed by atoms with Crippen molar-refractivity contribution in [1.29, 1.82) is 0 Å². The van der Waals surface area contributed by atoms with E-state index in [1.807, 2.05) is 41.2 Å². The van der Waals surface area contributed by atoms with Crippen molar-refractivity contribution >= 4 is 33.0 Å². The molecule has 3 rings (SSSR count). The van der Waals surface area contributed by atoms with E-state index < -0.39 is 0 Å². The monoisotopic (exact) mass is 300 g/mol. The van der Waals surface area contributed by atoms with Crippen LogP contribution in [0, 0.1) is 0 Å². The summed E-state index contributed by atoms with van der Waals surface area (Å²) < 4.78 is 2.89. The second-order valence-corrected chi connectivity index (χ2v) is 5.77. The van der Waals surface area contributed by atoms with E-state index in [1.165, 1.54) is 11.3 Å². The Bertz CT molecular complexity index is 748. The first-order valence-corrected chi connectivity index (χ1v) is 7.60. The highest BCUT2D eigenvalue weighted by Gasteiger charge is 2.15. The molecule has 0 bridgehead atoms. The minimum atomic E-state index is -0.103. The van der Waals surface area contributed by atoms with E-state index in [-0.39, 0.29) is 5.91 Å². The smallest absolute Gasteiger partial charge is 0.263 e. The van der Waals surface area contributed by atoms with Crippen molar-refractivity contribution in [2.24, 2.45) is 0 Å². The van der Waals surface area contributed by atoms with Crippen molar-refractivity contribution in [3.05, 3.63) is 47.6 Å². The number of hydrogen-bond acceptors (Lipinski definition) is 4. The van der Waals surface area contributed by atoms with Gasteiger partial charge in [-0.2, -0.15) is 5.10 Å². The molecule has 1 aromatic carbocycles. The number of carbonyl (C=O) groups excluding carboxylic acids is 1. The van der Waals surface area contributed by atoms with Crippen LogP contribution in [0.5, 0.6) is 0 Å². The maximum absolute atomic E-state index is 12.2. The van der Waals surface area contributed by atoms with E-state index in [2.05, 4.69) is 10.4 Å². The van der Waals surface area contributed by atoms with Crippen LogP contribution in [0.3, 0.4) is 0 Å². The fraction of sp³-hybridized carbons (Fsp3) is 0.200. The molecule has 5 nitrogen and oxygen atoms in total. The summed E-state index contributed by atoms with van der Waals surface area (Å²) in [7, 11) is 0. The summed E-state index contributed by atoms with van der Waals surface area (Å²) in [6, 6.07) is 9.68. The Labute approximate surface area is 126 Å². The van der Waals surface area contributed by atoms with Crippen LogP contribution in [0.15, 0.2) is 42.7 Å². The first kappa shape index (κ1) is 13.6. The molecule has 0 unspecified atom stereocenters. The summed E-state index contributed by atoms with van der Waals surface area (Å²) in [4.78, 5) is 12.8. The summed E-state index contributed by atoms with van der Waals surface area (Å²) in [6.07, 6.45) is 4.49. The van der Waals surface area contributed by atoms with Gasteiger partial charge in [0, 0.05) is 35.6 Å². The van der Waals surface area contributed by atoms with Crippen molar-refractivity contribution < 1.29 is 4.79 Å². The molecule has 3 aromatic rings. The largest absolute Gasteiger partial charge is 0.397 e. The van der Waals surface area contributed by atoms with Crippen LogP contribution >= 0.6 is 11.3 Å². The number of anilines is 1. The molecule has 0 atom stereocenters. The van der Waals surface area contributed by atoms with Gasteiger partial charge in [0.15, 0.2) is 0 Å². The number of nitrogens with two attached hydrogens (primary N) is 1. The maximum Gasteiger partial charge on any atom is 0.263 e. The minimum Gasteiger partial charge on any atom is -0.397 e. The van der Waals surface area contributed by atoms with Gasteiger partial charge < -0.3 is 11.1 Å². The van der Waals surface area contributed by atoms with E-state index >= 15 is 0 Å². The number of nitrogens with one attached hydrogen (secondary N) is 1. The first-order valence-electron chi connectivity index (χ1n) is 6.78. The quantitative estimate of drug-likeness (QED) is 0.711. The van der Waals surface area contributed by atoms with E-state index in [0.717, 1.165) is 23.1 Å². The van der Waals surface area contributed by atoms with Gasteiger partial charge in [0.25, 0.3) is 5.91 Å². The zero-order valence-electron chi connectivity index (χ0n) is 11.5. The van der Waals surface area contributed by atoms with Crippen LogP contribution in [0.1, 0.15) is 16.1 Å². The van der Waals surface area contributed by atoms with E-state index in [0.29, 0.717) is 17.1 Å². The Balaban J connectivity index is 1.60. The Morgan fingerprint density at radius 3 is 2.95 bits per heavy atom. The molecule has 0 aliphatic heterocycles. The number of rotatable bonds is 5. The SMILES string of the molecule is Nc1c(C(=O)NCCCn2cccn2)sc2ccccc12. The summed E-state index contributed by atoms with van der Waals surface area (Å²) in [5, 5.41) is 7.98. The highest BCUT2D eigenvalue weighted by Crippen LogP contribution is 2.33. The van der Waals surface area contributed by atoms with Gasteiger partial charge >= 0.3 is 0 Å². The number of thiophene rings is 1. The number of nitrogens with zero attached hydrogens (tertiary/aromatic N) is 2. The molecule has 108 valence electrons. The molecular weight excluding hydrogens is 284 g/mol. The van der Waals surface area contributed by atoms with Crippen LogP contribution in [-0.2, 0) is 6.54 Å². The second-order valence-electron chi connectivity index (χ2n) is 4.72. The van der Waals surface area contributed by atoms with E-state index in [9.17, 15) is 4.79 Å². The highest BCUT2D eigenvalue weighted by atomic mass is 32.1. The molecule has 0 saturated carbocycles. The number of nitrogen functional groups attached to an aromatic ring is 1. The normalized spacial score (nSPS) is 10.9. The van der Waals surface area contributed by atoms with E-state index in [4.69, 9.17) is 5.73 Å². The first-order chi connectivity index (χ1) is 10.3. The van der Waals surface area contributed by atoms with Gasteiger partial charge in [0.1, 0.15) is 4.88 Å².